The van der Waals surface area contributed by atoms with Gasteiger partial charge in [-0.05, 0) is 39.3 Å². The van der Waals surface area contributed by atoms with Crippen LogP contribution < -0.4 is 15.5 Å². The summed E-state index contributed by atoms with van der Waals surface area (Å²) in [6, 6.07) is 11.0. The number of halogens is 1. The summed E-state index contributed by atoms with van der Waals surface area (Å²) in [5.74, 6) is 0.936. The van der Waals surface area contributed by atoms with E-state index in [1.54, 1.807) is 0 Å². The maximum atomic E-state index is 11.4. The van der Waals surface area contributed by atoms with E-state index in [1.165, 1.54) is 11.9 Å². The first-order valence-electron chi connectivity index (χ1n) is 10.5. The summed E-state index contributed by atoms with van der Waals surface area (Å²) in [7, 11) is -2.94. The van der Waals surface area contributed by atoms with Gasteiger partial charge in [-0.2, -0.15) is 0 Å². The number of hydrogen-bond acceptors (Lipinski definition) is 5. The van der Waals surface area contributed by atoms with Gasteiger partial charge in [0.1, 0.15) is 9.84 Å². The van der Waals surface area contributed by atoms with Gasteiger partial charge in [0.05, 0.1) is 12.3 Å². The molecule has 1 aliphatic heterocycles. The minimum absolute atomic E-state index is 0. The van der Waals surface area contributed by atoms with E-state index in [-0.39, 0.29) is 35.8 Å². The Morgan fingerprint density at radius 2 is 1.77 bits per heavy atom. The quantitative estimate of drug-likeness (QED) is 0.279. The Bertz CT molecular complexity index is 737. The Morgan fingerprint density at radius 3 is 2.33 bits per heavy atom. The van der Waals surface area contributed by atoms with Crippen molar-refractivity contribution in [2.45, 2.75) is 39.3 Å². The van der Waals surface area contributed by atoms with Crippen LogP contribution in [-0.2, 0) is 9.84 Å². The number of piperazine rings is 1. The molecule has 1 aromatic carbocycles. The highest BCUT2D eigenvalue weighted by Gasteiger charge is 2.21. The number of sulfone groups is 1. The summed E-state index contributed by atoms with van der Waals surface area (Å²) in [5.41, 5.74) is 1.29. The lowest BCUT2D eigenvalue weighted by molar-refractivity contribution is 0.201. The Labute approximate surface area is 199 Å². The number of nitrogens with one attached hydrogen (secondary N) is 2. The summed E-state index contributed by atoms with van der Waals surface area (Å²) >= 11 is 0. The Hall–Kier alpha value is -1.07. The molecule has 0 amide bonds. The minimum atomic E-state index is -2.94. The smallest absolute Gasteiger partial charge is 0.191 e. The monoisotopic (exact) mass is 551 g/mol. The second-order valence-corrected chi connectivity index (χ2v) is 10.2. The average Bonchev–Trinajstić information content (AvgIpc) is 2.71. The van der Waals surface area contributed by atoms with Gasteiger partial charge in [0.25, 0.3) is 0 Å². The van der Waals surface area contributed by atoms with Crippen molar-refractivity contribution in [1.82, 2.24) is 15.5 Å². The molecule has 2 unspecified atom stereocenters. The molecule has 0 aromatic heterocycles. The number of hydrogen-bond donors (Lipinski definition) is 2. The zero-order chi connectivity index (χ0) is 21.3. The second kappa shape index (κ2) is 13.4. The lowest BCUT2D eigenvalue weighted by Crippen LogP contribution is -2.51. The fourth-order valence-electron chi connectivity index (χ4n) is 3.42. The van der Waals surface area contributed by atoms with Crippen molar-refractivity contribution in [1.29, 1.82) is 0 Å². The van der Waals surface area contributed by atoms with E-state index < -0.39 is 9.84 Å². The average molecular weight is 552 g/mol. The van der Waals surface area contributed by atoms with Crippen molar-refractivity contribution >= 4 is 45.5 Å². The highest BCUT2D eigenvalue weighted by atomic mass is 127. The zero-order valence-corrected chi connectivity index (χ0v) is 21.8. The van der Waals surface area contributed by atoms with E-state index >= 15 is 0 Å². The summed E-state index contributed by atoms with van der Waals surface area (Å²) in [6.07, 6.45) is 1.85. The molecule has 2 atom stereocenters. The zero-order valence-electron chi connectivity index (χ0n) is 18.7. The number of rotatable bonds is 9. The largest absolute Gasteiger partial charge is 0.369 e. The molecule has 2 N–H and O–H groups in total. The fourth-order valence-corrected chi connectivity index (χ4v) is 4.20. The third-order valence-electron chi connectivity index (χ3n) is 5.22. The number of aliphatic imine (C=N–C) groups is 1. The van der Waals surface area contributed by atoms with Gasteiger partial charge < -0.3 is 15.5 Å². The van der Waals surface area contributed by atoms with Crippen molar-refractivity contribution in [3.63, 3.8) is 0 Å². The molecule has 0 spiro atoms. The van der Waals surface area contributed by atoms with E-state index in [1.807, 2.05) is 13.8 Å². The summed E-state index contributed by atoms with van der Waals surface area (Å²) < 4.78 is 22.7. The van der Waals surface area contributed by atoms with Crippen LogP contribution in [0.25, 0.3) is 0 Å². The van der Waals surface area contributed by atoms with Crippen LogP contribution in [0.15, 0.2) is 35.3 Å². The van der Waals surface area contributed by atoms with E-state index in [4.69, 9.17) is 4.99 Å². The van der Waals surface area contributed by atoms with Crippen LogP contribution in [0.2, 0.25) is 0 Å². The topological polar surface area (TPSA) is 77.0 Å². The van der Waals surface area contributed by atoms with Crippen LogP contribution in [0.1, 0.15) is 27.2 Å². The predicted octanol–water partition coefficient (Wildman–Crippen LogP) is 2.19. The number of nitrogens with zero attached hydrogens (tertiary/aromatic N) is 3. The molecule has 172 valence electrons. The molecular weight excluding hydrogens is 513 g/mol. The lowest BCUT2D eigenvalue weighted by atomic mass is 10.2. The molecule has 7 nitrogen and oxygen atoms in total. The lowest BCUT2D eigenvalue weighted by Gasteiger charge is -2.38. The van der Waals surface area contributed by atoms with Crippen molar-refractivity contribution < 1.29 is 8.42 Å². The summed E-state index contributed by atoms with van der Waals surface area (Å²) in [6.45, 7) is 11.8. The molecule has 1 aliphatic rings. The normalized spacial score (nSPS) is 17.7. The van der Waals surface area contributed by atoms with Crippen LogP contribution >= 0.6 is 24.0 Å². The van der Waals surface area contributed by atoms with Gasteiger partial charge in [0, 0.05) is 56.8 Å². The molecule has 0 aliphatic carbocycles. The van der Waals surface area contributed by atoms with Crippen LogP contribution in [-0.4, -0.2) is 82.6 Å². The molecule has 1 aromatic rings. The number of anilines is 1. The van der Waals surface area contributed by atoms with Crippen molar-refractivity contribution in [2.24, 2.45) is 4.99 Å². The molecule has 0 bridgehead atoms. The fraction of sp³-hybridized carbons (Fsp3) is 0.667. The third kappa shape index (κ3) is 9.82. The highest BCUT2D eigenvalue weighted by Crippen LogP contribution is 2.16. The predicted molar refractivity (Wildman–Crippen MR) is 138 cm³/mol. The Morgan fingerprint density at radius 1 is 1.13 bits per heavy atom. The molecular formula is C21H38IN5O2S. The van der Waals surface area contributed by atoms with Gasteiger partial charge in [-0.1, -0.05) is 18.2 Å². The van der Waals surface area contributed by atoms with Crippen molar-refractivity contribution in [2.75, 3.05) is 56.2 Å². The molecule has 2 rings (SSSR count). The van der Waals surface area contributed by atoms with E-state index in [0.29, 0.717) is 19.0 Å². The number of para-hydroxylation sites is 1. The molecule has 1 saturated heterocycles. The molecule has 0 saturated carbocycles. The number of benzene rings is 1. The second-order valence-electron chi connectivity index (χ2n) is 7.89. The van der Waals surface area contributed by atoms with Gasteiger partial charge in [0.15, 0.2) is 5.96 Å². The molecule has 30 heavy (non-hydrogen) atoms. The van der Waals surface area contributed by atoms with Gasteiger partial charge in [0.2, 0.25) is 0 Å². The van der Waals surface area contributed by atoms with Crippen molar-refractivity contribution in [3.8, 4) is 0 Å². The first-order valence-corrected chi connectivity index (χ1v) is 12.6. The molecule has 1 heterocycles. The van der Waals surface area contributed by atoms with Gasteiger partial charge in [-0.15, -0.1) is 24.0 Å². The van der Waals surface area contributed by atoms with Gasteiger partial charge >= 0.3 is 0 Å². The van der Waals surface area contributed by atoms with Crippen LogP contribution in [0.4, 0.5) is 5.69 Å². The van der Waals surface area contributed by atoms with Gasteiger partial charge in [-0.25, -0.2) is 8.42 Å². The SMILES string of the molecule is CCNC(=NCC(C)N1CCN(c2ccccc2)CC1)NC(C)CCS(C)(=O)=O.I. The minimum Gasteiger partial charge on any atom is -0.369 e. The molecule has 1 fully saturated rings. The van der Waals surface area contributed by atoms with Crippen LogP contribution in [0.5, 0.6) is 0 Å². The number of guanidine groups is 1. The Kier molecular flexibility index (Phi) is 12.0. The first kappa shape index (κ1) is 27.0. The van der Waals surface area contributed by atoms with Crippen molar-refractivity contribution in [3.05, 3.63) is 30.3 Å². The molecule has 0 radical (unpaired) electrons. The van der Waals surface area contributed by atoms with E-state index in [9.17, 15) is 8.42 Å². The first-order chi connectivity index (χ1) is 13.8. The summed E-state index contributed by atoms with van der Waals surface area (Å²) in [5, 5.41) is 6.59. The standard InChI is InChI=1S/C21H37N5O2S.HI/c1-5-22-21(24-18(2)11-16-29(4,27)28)23-17-19(3)25-12-14-26(15-13-25)20-9-7-6-8-10-20;/h6-10,18-19H,5,11-17H2,1-4H3,(H2,22,23,24);1H. The molecule has 9 heteroatoms. The highest BCUT2D eigenvalue weighted by molar-refractivity contribution is 14.0. The van der Waals surface area contributed by atoms with Gasteiger partial charge in [-0.3, -0.25) is 9.89 Å². The summed E-state index contributed by atoms with van der Waals surface area (Å²) in [4.78, 5) is 9.66. The van der Waals surface area contributed by atoms with Crippen LogP contribution in [0.3, 0.4) is 0 Å². The Balaban J connectivity index is 0.00000450. The third-order valence-corrected chi connectivity index (χ3v) is 6.20. The maximum Gasteiger partial charge on any atom is 0.191 e. The van der Waals surface area contributed by atoms with E-state index in [2.05, 4.69) is 57.7 Å². The maximum absolute atomic E-state index is 11.4. The van der Waals surface area contributed by atoms with E-state index in [0.717, 1.165) is 38.7 Å². The van der Waals surface area contributed by atoms with Crippen LogP contribution in [0, 0.1) is 0 Å².